The third-order valence-corrected chi connectivity index (χ3v) is 5.79. The summed E-state index contributed by atoms with van der Waals surface area (Å²) >= 11 is 0. The number of aryl methyl sites for hydroxylation is 1. The summed E-state index contributed by atoms with van der Waals surface area (Å²) in [7, 11) is 0. The number of carbonyl (C=O) groups excluding carboxylic acids is 1. The molecule has 0 atom stereocenters. The number of allylic oxidation sites excluding steroid dienone is 1. The van der Waals surface area contributed by atoms with Crippen molar-refractivity contribution in [1.82, 2.24) is 0 Å². The van der Waals surface area contributed by atoms with Crippen LogP contribution in [0.3, 0.4) is 0 Å². The number of carbonyl (C=O) groups is 1. The summed E-state index contributed by atoms with van der Waals surface area (Å²) in [6, 6.07) is 30.0. The lowest BCUT2D eigenvalue weighted by molar-refractivity contribution is -0.115. The van der Waals surface area contributed by atoms with Gasteiger partial charge in [0.15, 0.2) is 5.78 Å². The number of aliphatic hydroxyl groups excluding tert-OH is 1. The van der Waals surface area contributed by atoms with Gasteiger partial charge >= 0.3 is 0 Å². The van der Waals surface area contributed by atoms with Crippen molar-refractivity contribution in [3.8, 4) is 0 Å². The molecular weight excluding hydrogens is 424 g/mol. The molecule has 1 heterocycles. The second-order valence-electron chi connectivity index (χ2n) is 8.03. The molecule has 5 nitrogen and oxygen atoms in total. The molecule has 0 saturated heterocycles. The summed E-state index contributed by atoms with van der Waals surface area (Å²) in [6.07, 6.45) is 1.49. The average molecular weight is 447 g/mol. The van der Waals surface area contributed by atoms with Crippen LogP contribution in [-0.2, 0) is 4.79 Å². The maximum absolute atomic E-state index is 14.1. The second kappa shape index (κ2) is 9.16. The Hall–Kier alpha value is -4.51. The standard InChI is InChI=1S/C29H22N2O3/c1-19-16-17-22(34-19)18-30-31-27-23-14-8-9-15-24(23)28(32)26(27)29(33)25(20-10-4-2-5-11-20)21-12-6-3-7-13-21/h2-18,25,32H,1H3/b30-18-,31-27-. The highest BCUT2D eigenvalue weighted by molar-refractivity contribution is 6.37. The van der Waals surface area contributed by atoms with Crippen molar-refractivity contribution in [3.05, 3.63) is 136 Å². The van der Waals surface area contributed by atoms with E-state index >= 15 is 0 Å². The van der Waals surface area contributed by atoms with Crippen molar-refractivity contribution in [2.45, 2.75) is 12.8 Å². The molecule has 1 aliphatic rings. The fraction of sp³-hybridized carbons (Fsp3) is 0.0690. The van der Waals surface area contributed by atoms with E-state index < -0.39 is 5.92 Å². The van der Waals surface area contributed by atoms with Gasteiger partial charge in [-0.1, -0.05) is 84.9 Å². The van der Waals surface area contributed by atoms with Crippen LogP contribution in [0, 0.1) is 6.92 Å². The quantitative estimate of drug-likeness (QED) is 0.287. The van der Waals surface area contributed by atoms with Gasteiger partial charge in [0.1, 0.15) is 23.0 Å². The first kappa shape index (κ1) is 21.3. The summed E-state index contributed by atoms with van der Waals surface area (Å²) in [5.41, 5.74) is 3.40. The van der Waals surface area contributed by atoms with Gasteiger partial charge in [-0.25, -0.2) is 0 Å². The molecule has 1 N–H and O–H groups in total. The number of fused-ring (bicyclic) bond motifs is 1. The Balaban J connectivity index is 1.62. The van der Waals surface area contributed by atoms with Gasteiger partial charge in [-0.2, -0.15) is 5.10 Å². The zero-order valence-electron chi connectivity index (χ0n) is 18.6. The van der Waals surface area contributed by atoms with Gasteiger partial charge in [-0.05, 0) is 30.2 Å². The Morgan fingerprint density at radius 3 is 2.00 bits per heavy atom. The summed E-state index contributed by atoms with van der Waals surface area (Å²) in [5, 5.41) is 19.7. The Labute approximate surface area is 197 Å². The van der Waals surface area contributed by atoms with Crippen LogP contribution in [0.1, 0.15) is 39.7 Å². The molecule has 0 amide bonds. The Morgan fingerprint density at radius 1 is 0.824 bits per heavy atom. The van der Waals surface area contributed by atoms with Gasteiger partial charge in [0, 0.05) is 11.1 Å². The largest absolute Gasteiger partial charge is 0.506 e. The monoisotopic (exact) mass is 446 g/mol. The number of hydrogen-bond acceptors (Lipinski definition) is 5. The van der Waals surface area contributed by atoms with Crippen molar-refractivity contribution < 1.29 is 14.3 Å². The van der Waals surface area contributed by atoms with Gasteiger partial charge in [0.2, 0.25) is 0 Å². The zero-order valence-corrected chi connectivity index (χ0v) is 18.6. The van der Waals surface area contributed by atoms with Crippen LogP contribution in [0.25, 0.3) is 5.76 Å². The van der Waals surface area contributed by atoms with Crippen molar-refractivity contribution in [2.24, 2.45) is 10.2 Å². The maximum atomic E-state index is 14.1. The third-order valence-electron chi connectivity index (χ3n) is 5.79. The Bertz CT molecular complexity index is 1390. The van der Waals surface area contributed by atoms with Gasteiger partial charge in [-0.15, -0.1) is 5.10 Å². The van der Waals surface area contributed by atoms with E-state index in [0.29, 0.717) is 22.6 Å². The molecule has 0 fully saturated rings. The molecule has 3 aromatic carbocycles. The molecule has 1 aromatic heterocycles. The summed E-state index contributed by atoms with van der Waals surface area (Å²) in [4.78, 5) is 14.1. The van der Waals surface area contributed by atoms with E-state index in [9.17, 15) is 9.90 Å². The van der Waals surface area contributed by atoms with Crippen molar-refractivity contribution in [2.75, 3.05) is 0 Å². The predicted octanol–water partition coefficient (Wildman–Crippen LogP) is 6.10. The highest BCUT2D eigenvalue weighted by Gasteiger charge is 2.37. The number of aliphatic hydroxyl groups is 1. The van der Waals surface area contributed by atoms with E-state index in [2.05, 4.69) is 10.2 Å². The van der Waals surface area contributed by atoms with E-state index in [0.717, 1.165) is 16.9 Å². The summed E-state index contributed by atoms with van der Waals surface area (Å²) in [6.45, 7) is 1.85. The molecule has 34 heavy (non-hydrogen) atoms. The fourth-order valence-electron chi connectivity index (χ4n) is 4.21. The number of furan rings is 1. The predicted molar refractivity (Wildman–Crippen MR) is 133 cm³/mol. The van der Waals surface area contributed by atoms with Gasteiger partial charge < -0.3 is 9.52 Å². The molecule has 166 valence electrons. The first-order valence-electron chi connectivity index (χ1n) is 11.0. The highest BCUT2D eigenvalue weighted by Crippen LogP contribution is 2.37. The van der Waals surface area contributed by atoms with Crippen molar-refractivity contribution in [1.29, 1.82) is 0 Å². The highest BCUT2D eigenvalue weighted by atomic mass is 16.3. The SMILES string of the molecule is Cc1ccc(/C=N\N=C2/C(C(=O)C(c3ccccc3)c3ccccc3)=C(O)c3ccccc32)o1. The Morgan fingerprint density at radius 2 is 1.41 bits per heavy atom. The second-order valence-corrected chi connectivity index (χ2v) is 8.03. The molecule has 0 radical (unpaired) electrons. The average Bonchev–Trinajstić information content (AvgIpc) is 3.41. The topological polar surface area (TPSA) is 75.2 Å². The van der Waals surface area contributed by atoms with Gasteiger partial charge in [0.25, 0.3) is 0 Å². The molecular formula is C29H22N2O3. The number of rotatable bonds is 6. The maximum Gasteiger partial charge on any atom is 0.180 e. The molecule has 1 aliphatic carbocycles. The molecule has 0 saturated carbocycles. The van der Waals surface area contributed by atoms with Crippen LogP contribution in [0.15, 0.2) is 117 Å². The number of hydrogen-bond donors (Lipinski definition) is 1. The number of ketones is 1. The zero-order chi connectivity index (χ0) is 23.5. The molecule has 0 unspecified atom stereocenters. The minimum absolute atomic E-state index is 0.0831. The van der Waals surface area contributed by atoms with Gasteiger partial charge in [-0.3, -0.25) is 4.79 Å². The molecule has 5 heteroatoms. The van der Waals surface area contributed by atoms with E-state index in [4.69, 9.17) is 4.42 Å². The van der Waals surface area contributed by atoms with E-state index in [1.807, 2.05) is 91.9 Å². The van der Waals surface area contributed by atoms with Crippen molar-refractivity contribution in [3.63, 3.8) is 0 Å². The minimum Gasteiger partial charge on any atom is -0.506 e. The lowest BCUT2D eigenvalue weighted by atomic mass is 9.83. The normalized spacial score (nSPS) is 14.4. The lowest BCUT2D eigenvalue weighted by Gasteiger charge is -2.18. The summed E-state index contributed by atoms with van der Waals surface area (Å²) < 4.78 is 5.52. The smallest absolute Gasteiger partial charge is 0.180 e. The molecule has 0 aliphatic heterocycles. The minimum atomic E-state index is -0.601. The van der Waals surface area contributed by atoms with E-state index in [-0.39, 0.29) is 17.1 Å². The number of nitrogens with zero attached hydrogens (tertiary/aromatic N) is 2. The molecule has 0 spiro atoms. The molecule has 4 aromatic rings. The van der Waals surface area contributed by atoms with Gasteiger partial charge in [0.05, 0.1) is 17.7 Å². The molecule has 0 bridgehead atoms. The van der Waals surface area contributed by atoms with Crippen LogP contribution in [0.5, 0.6) is 0 Å². The fourth-order valence-corrected chi connectivity index (χ4v) is 4.21. The van der Waals surface area contributed by atoms with Crippen LogP contribution < -0.4 is 0 Å². The van der Waals surface area contributed by atoms with Crippen LogP contribution >= 0.6 is 0 Å². The first-order chi connectivity index (χ1) is 16.6. The van der Waals surface area contributed by atoms with Crippen molar-refractivity contribution >= 4 is 23.5 Å². The summed E-state index contributed by atoms with van der Waals surface area (Å²) in [5.74, 6) is 0.396. The molecule has 5 rings (SSSR count). The number of Topliss-reactive ketones (excluding diaryl/α,β-unsaturated/α-hetero) is 1. The Kier molecular flexibility index (Phi) is 5.75. The lowest BCUT2D eigenvalue weighted by Crippen LogP contribution is -2.21. The third kappa shape index (κ3) is 3.99. The number of benzene rings is 3. The van der Waals surface area contributed by atoms with E-state index in [1.165, 1.54) is 6.21 Å². The van der Waals surface area contributed by atoms with Crippen LogP contribution in [0.4, 0.5) is 0 Å². The van der Waals surface area contributed by atoms with Crippen LogP contribution in [0.2, 0.25) is 0 Å². The first-order valence-corrected chi connectivity index (χ1v) is 11.0. The van der Waals surface area contributed by atoms with E-state index in [1.54, 1.807) is 12.1 Å². The van der Waals surface area contributed by atoms with Crippen LogP contribution in [-0.4, -0.2) is 22.8 Å².